The summed E-state index contributed by atoms with van der Waals surface area (Å²) >= 11 is 0. The lowest BCUT2D eigenvalue weighted by molar-refractivity contribution is -0.150. The van der Waals surface area contributed by atoms with Crippen LogP contribution in [0.4, 0.5) is 0 Å². The van der Waals surface area contributed by atoms with Gasteiger partial charge < -0.3 is 118 Å². The third kappa shape index (κ3) is 69.8. The first kappa shape index (κ1) is 129. The molecule has 12 saturated heterocycles. The van der Waals surface area contributed by atoms with Crippen molar-refractivity contribution in [2.45, 2.75) is 89.6 Å². The van der Waals surface area contributed by atoms with Crippen LogP contribution in [0.1, 0.15) is 64.4 Å². The van der Waals surface area contributed by atoms with Crippen LogP contribution in [0.15, 0.2) is 24.5 Å². The van der Waals surface area contributed by atoms with Gasteiger partial charge in [-0.3, -0.25) is 48.9 Å². The van der Waals surface area contributed by atoms with Crippen molar-refractivity contribution >= 4 is 11.9 Å². The molecule has 0 aliphatic carbocycles. The molecule has 1 aromatic heterocycles. The van der Waals surface area contributed by atoms with E-state index in [-0.39, 0.29) is 17.8 Å². The Labute approximate surface area is 824 Å². The van der Waals surface area contributed by atoms with Crippen molar-refractivity contribution in [1.29, 1.82) is 0 Å². The molecule has 0 saturated carbocycles. The topological polar surface area (TPSA) is 206 Å². The molecule has 13 rings (SSSR count). The van der Waals surface area contributed by atoms with Gasteiger partial charge in [-0.1, -0.05) is 6.42 Å². The summed E-state index contributed by atoms with van der Waals surface area (Å²) in [5.74, 6) is 0.262. The molecule has 3 N–H and O–H groups in total. The van der Waals surface area contributed by atoms with Crippen LogP contribution in [-0.4, -0.2) is 688 Å². The van der Waals surface area contributed by atoms with Crippen molar-refractivity contribution in [3.63, 3.8) is 0 Å². The molecular formula is C100H217N27O7. The lowest BCUT2D eigenvalue weighted by Crippen LogP contribution is -2.59. The van der Waals surface area contributed by atoms with Crippen molar-refractivity contribution in [2.24, 2.45) is 5.92 Å². The third-order valence-corrected chi connectivity index (χ3v) is 26.5. The molecule has 134 heavy (non-hydrogen) atoms. The van der Waals surface area contributed by atoms with E-state index in [1.165, 1.54) is 234 Å². The summed E-state index contributed by atoms with van der Waals surface area (Å²) in [5, 5.41) is 14.8. The van der Waals surface area contributed by atoms with Gasteiger partial charge in [0.25, 0.3) is 0 Å². The summed E-state index contributed by atoms with van der Waals surface area (Å²) in [6.45, 7) is 62.1. The second-order valence-corrected chi connectivity index (χ2v) is 40.8. The summed E-state index contributed by atoms with van der Waals surface area (Å²) < 4.78 is 20.3. The molecule has 0 radical (unpaired) electrons. The number of hydrogen-bond donors (Lipinski definition) is 3. The molecule has 0 aromatic carbocycles. The number of ether oxygens (including phenoxy) is 4. The van der Waals surface area contributed by atoms with E-state index >= 15 is 0 Å². The molecule has 1 amide bonds. The van der Waals surface area contributed by atoms with E-state index in [0.717, 1.165) is 163 Å². The zero-order valence-corrected chi connectivity index (χ0v) is 92.5. The second-order valence-electron chi connectivity index (χ2n) is 40.8. The van der Waals surface area contributed by atoms with Gasteiger partial charge in [-0.2, -0.15) is 0 Å². The van der Waals surface area contributed by atoms with Crippen molar-refractivity contribution < 1.29 is 33.6 Å². The van der Waals surface area contributed by atoms with Crippen LogP contribution in [0.2, 0.25) is 0 Å². The van der Waals surface area contributed by atoms with Crippen LogP contribution < -0.4 is 10.6 Å². The fourth-order valence-corrected chi connectivity index (χ4v) is 16.0. The second kappa shape index (κ2) is 81.4. The van der Waals surface area contributed by atoms with Gasteiger partial charge in [0.1, 0.15) is 0 Å². The standard InChI is InChI=1S/C11H17N3.C9H19N3O.C9H21N3.C9H20N2O.C9H18N2.C8H16N2O.C7H16N2O.C7H16N2.C7H15NO.3C6H16N2.C6H11NO2/c1-13-6-8-14(9-7-13)10-11-2-4-12-5-3-11;1-10(2)9(13)8-12-6-4-11(3)5-7-12;1-10(2)4-7-12-8-5-11(3)6-9-12;1-3-12-9-8-11-6-4-10(2)5-7-11;1-10-7-9(8-10)11-5-3-2-4-6-11;1-9-6-8(7-9)10-2-4-11-5-3-10;1-8-2-4-9(5-3-8)6-7-10;1-8-4-3-5-9(2)7-6-8;1-8-5-3-7(9-2)4-6-8;1-7(2)5-6-8(3)4;1-6(5-7-2)8(3)4;1-7-5-4-6-8(2)3;1-7-3-5(4-7)6(8)9-2/h2-5H,6-10H2,1H3;4-8H2,1-3H3;4-9H2,1-3H3;3-9H2,1-2H3;9H,2-8H2,1H3;8H,2-7H2,1H3;10H,2-7H2,1H3;3-7H2,1-2H3;7H,3-6H2,1-2H3;5-6H2,1-4H3;6-7H,5H2,1-4H3;7H,4-6H2,1-3H3;5H,3-4H2,1-2H3. The van der Waals surface area contributed by atoms with E-state index in [0.29, 0.717) is 25.3 Å². The van der Waals surface area contributed by atoms with Gasteiger partial charge in [0.2, 0.25) is 5.91 Å². The van der Waals surface area contributed by atoms with Crippen LogP contribution in [0.25, 0.3) is 0 Å². The molecule has 1 aromatic rings. The highest BCUT2D eigenvalue weighted by Crippen LogP contribution is 2.19. The number of aliphatic hydroxyl groups is 1. The summed E-state index contributed by atoms with van der Waals surface area (Å²) in [4.78, 5) is 81.7. The SMILES string of the molecule is CCOCCN1CCN(C)CC1.CN(C)CCN(C)C.CN(C)CCN1CCN(C)CC1.CN1CC(N2CCCCC2)C1.CN1CC(N2CCOCC2)C1.CN1CCCN(C)CC1.CN1CCN(CC(=O)N(C)C)CC1.CN1CCN(CCO)CC1.CN1CCN(Cc2ccncc2)CC1.CNCC(C)N(C)C.CNCCCN(C)C.COC(=O)C1CN(C)C1.COC1CCN(C)CC1. The normalized spacial score (nSPS) is 21.6. The number of methoxy groups -OCH3 is 2. The minimum Gasteiger partial charge on any atom is -0.469 e. The van der Waals surface area contributed by atoms with Crippen molar-refractivity contribution in [2.75, 3.05) is 525 Å². The van der Waals surface area contributed by atoms with E-state index in [1.807, 2.05) is 40.5 Å². The number of pyridine rings is 1. The minimum atomic E-state index is -0.0758. The number of hydrogen-bond acceptors (Lipinski definition) is 33. The zero-order valence-electron chi connectivity index (χ0n) is 92.5. The molecular weight excluding hydrogens is 1690 g/mol. The molecule has 12 aliphatic heterocycles. The molecule has 0 spiro atoms. The van der Waals surface area contributed by atoms with Crippen LogP contribution >= 0.6 is 0 Å². The Hall–Kier alpha value is -3.07. The summed E-state index contributed by atoms with van der Waals surface area (Å²) in [5.41, 5.74) is 1.37. The Morgan fingerprint density at radius 1 is 0.448 bits per heavy atom. The highest BCUT2D eigenvalue weighted by molar-refractivity contribution is 5.77. The number of carbonyl (C=O) groups is 2. The highest BCUT2D eigenvalue weighted by Gasteiger charge is 2.33. The van der Waals surface area contributed by atoms with Gasteiger partial charge in [0, 0.05) is 320 Å². The molecule has 794 valence electrons. The predicted molar refractivity (Wildman–Crippen MR) is 565 cm³/mol. The number of likely N-dealkylation sites (tertiary alicyclic amines) is 5. The number of β-amino-alcohol motifs (C(OH)–C–C–N with tert-alkyl or cyclic N) is 1. The number of morpholine rings is 1. The first-order chi connectivity index (χ1) is 63.9. The van der Waals surface area contributed by atoms with Gasteiger partial charge in [-0.15, -0.1) is 0 Å². The summed E-state index contributed by atoms with van der Waals surface area (Å²) in [6, 6.07) is 6.56. The highest BCUT2D eigenvalue weighted by atomic mass is 16.5. The first-order valence-electron chi connectivity index (χ1n) is 51.6. The average Bonchev–Trinajstić information content (AvgIpc) is 0.870. The number of nitrogens with zero attached hydrogens (tertiary/aromatic N) is 25. The van der Waals surface area contributed by atoms with Crippen LogP contribution in [0, 0.1) is 5.92 Å². The largest absolute Gasteiger partial charge is 0.469 e. The Bertz CT molecular complexity index is 2700. The van der Waals surface area contributed by atoms with Crippen molar-refractivity contribution in [3.8, 4) is 0 Å². The molecule has 12 aliphatic rings. The maximum atomic E-state index is 11.4. The van der Waals surface area contributed by atoms with Gasteiger partial charge in [-0.05, 0) is 271 Å². The Morgan fingerprint density at radius 2 is 0.836 bits per heavy atom. The predicted octanol–water partition coefficient (Wildman–Crippen LogP) is 0.986. The number of rotatable bonds is 27. The van der Waals surface area contributed by atoms with Crippen LogP contribution in [0.5, 0.6) is 0 Å². The van der Waals surface area contributed by atoms with E-state index in [9.17, 15) is 9.59 Å². The van der Waals surface area contributed by atoms with Gasteiger partial charge in [0.15, 0.2) is 0 Å². The van der Waals surface area contributed by atoms with Crippen molar-refractivity contribution in [3.05, 3.63) is 30.1 Å². The lowest BCUT2D eigenvalue weighted by Gasteiger charge is -2.45. The van der Waals surface area contributed by atoms with E-state index in [2.05, 4.69) is 293 Å². The number of piperazine rings is 5. The quantitative estimate of drug-likeness (QED) is 0.0830. The van der Waals surface area contributed by atoms with Crippen LogP contribution in [-0.2, 0) is 35.1 Å². The number of piperidine rings is 2. The Morgan fingerprint density at radius 3 is 1.20 bits per heavy atom. The first-order valence-corrected chi connectivity index (χ1v) is 51.6. The molecule has 12 fully saturated rings. The number of carbonyl (C=O) groups excluding carboxylic acids is 2. The zero-order chi connectivity index (χ0) is 100.0. The minimum absolute atomic E-state index is 0.0758. The number of amides is 1. The van der Waals surface area contributed by atoms with Gasteiger partial charge in [0.05, 0.1) is 52.1 Å². The Balaban J connectivity index is 0.000000729. The van der Waals surface area contributed by atoms with Gasteiger partial charge >= 0.3 is 5.97 Å². The molecule has 0 bridgehead atoms. The van der Waals surface area contributed by atoms with Crippen LogP contribution in [0.3, 0.4) is 0 Å². The fraction of sp³-hybridized carbons (Fsp3) is 0.930. The monoisotopic (exact) mass is 1910 g/mol. The average molecular weight is 1910 g/mol. The molecule has 1 unspecified atom stereocenters. The molecule has 1 atom stereocenters. The fourth-order valence-electron chi connectivity index (χ4n) is 16.0. The number of likely N-dealkylation sites (N-methyl/N-ethyl adjacent to an activating group) is 15. The van der Waals surface area contributed by atoms with Gasteiger partial charge in [-0.25, -0.2) is 0 Å². The summed E-state index contributed by atoms with van der Waals surface area (Å²) in [7, 11) is 55.5. The van der Waals surface area contributed by atoms with E-state index in [1.54, 1.807) is 26.1 Å². The number of aromatic nitrogens is 1. The Kier molecular flexibility index (Phi) is 78.3. The third-order valence-electron chi connectivity index (χ3n) is 26.5. The molecule has 34 nitrogen and oxygen atoms in total. The lowest BCUT2D eigenvalue weighted by atomic mass is 10.0. The van der Waals surface area contributed by atoms with E-state index < -0.39 is 0 Å². The smallest absolute Gasteiger partial charge is 0.311 e. The maximum absolute atomic E-state index is 11.4. The number of esters is 1. The molecule has 13 heterocycles. The van der Waals surface area contributed by atoms with E-state index in [4.69, 9.17) is 19.3 Å². The summed E-state index contributed by atoms with van der Waals surface area (Å²) in [6.07, 6.45) is 13.5. The number of aliphatic hydroxyl groups excluding tert-OH is 1. The molecule has 34 heteroatoms. The maximum Gasteiger partial charge on any atom is 0.311 e. The van der Waals surface area contributed by atoms with Crippen molar-refractivity contribution in [1.82, 2.24) is 133 Å². The number of nitrogens with one attached hydrogen (secondary N) is 2.